The Balaban J connectivity index is 2.30. The molecule has 0 aliphatic carbocycles. The van der Waals surface area contributed by atoms with E-state index in [1.807, 2.05) is 0 Å². The number of aromatic nitrogens is 2. The van der Waals surface area contributed by atoms with Gasteiger partial charge in [0.25, 0.3) is 5.91 Å². The van der Waals surface area contributed by atoms with Gasteiger partial charge in [-0.25, -0.2) is 9.97 Å². The lowest BCUT2D eigenvalue weighted by molar-refractivity contribution is 0.0995. The zero-order valence-corrected chi connectivity index (χ0v) is 10.1. The molecule has 1 aliphatic heterocycles. The zero-order valence-electron chi connectivity index (χ0n) is 10.1. The third-order valence-electron chi connectivity index (χ3n) is 2.77. The van der Waals surface area contributed by atoms with Gasteiger partial charge < -0.3 is 16.0 Å². The molecule has 17 heavy (non-hydrogen) atoms. The second-order valence-corrected chi connectivity index (χ2v) is 4.47. The first-order valence-electron chi connectivity index (χ1n) is 5.69. The number of nitrogens with zero attached hydrogens (tertiary/aromatic N) is 3. The van der Waals surface area contributed by atoms with Gasteiger partial charge in [0.1, 0.15) is 0 Å². The average Bonchev–Trinajstić information content (AvgIpc) is 2.27. The van der Waals surface area contributed by atoms with Gasteiger partial charge in [0.05, 0.1) is 0 Å². The highest BCUT2D eigenvalue weighted by molar-refractivity contribution is 5.95. The van der Waals surface area contributed by atoms with Crippen molar-refractivity contribution in [2.75, 3.05) is 18.0 Å². The quantitative estimate of drug-likeness (QED) is 0.739. The monoisotopic (exact) mass is 235 g/mol. The number of nitrogens with one attached hydrogen (secondary N) is 1. The number of carbonyl (C=O) groups excluding carboxylic acids is 1. The predicted octanol–water partition coefficient (Wildman–Crippen LogP) is -0.238. The van der Waals surface area contributed by atoms with Crippen LogP contribution in [-0.2, 0) is 0 Å². The molecule has 1 aromatic heterocycles. The number of anilines is 1. The van der Waals surface area contributed by atoms with Crippen molar-refractivity contribution in [3.05, 3.63) is 18.1 Å². The van der Waals surface area contributed by atoms with Gasteiger partial charge in [-0.2, -0.15) is 0 Å². The molecule has 0 aromatic carbocycles. The van der Waals surface area contributed by atoms with Gasteiger partial charge in [-0.05, 0) is 13.8 Å². The van der Waals surface area contributed by atoms with E-state index in [1.54, 1.807) is 6.20 Å². The van der Waals surface area contributed by atoms with Gasteiger partial charge in [0.2, 0.25) is 0 Å². The molecule has 0 bridgehead atoms. The Kier molecular flexibility index (Phi) is 3.23. The molecule has 0 saturated carbocycles. The van der Waals surface area contributed by atoms with E-state index in [2.05, 4.69) is 34.0 Å². The summed E-state index contributed by atoms with van der Waals surface area (Å²) in [6, 6.07) is 0.697. The molecule has 6 nitrogen and oxygen atoms in total. The lowest BCUT2D eigenvalue weighted by Gasteiger charge is -2.37. The number of piperazine rings is 1. The third-order valence-corrected chi connectivity index (χ3v) is 2.77. The predicted molar refractivity (Wildman–Crippen MR) is 64.8 cm³/mol. The maximum absolute atomic E-state index is 11.3. The van der Waals surface area contributed by atoms with Crippen molar-refractivity contribution in [3.63, 3.8) is 0 Å². The van der Waals surface area contributed by atoms with Gasteiger partial charge in [-0.1, -0.05) is 0 Å². The van der Waals surface area contributed by atoms with Crippen LogP contribution in [0.4, 0.5) is 5.82 Å². The van der Waals surface area contributed by atoms with Gasteiger partial charge in [-0.3, -0.25) is 4.79 Å². The molecule has 2 unspecified atom stereocenters. The van der Waals surface area contributed by atoms with Crippen molar-refractivity contribution in [2.45, 2.75) is 25.9 Å². The molecule has 1 amide bonds. The summed E-state index contributed by atoms with van der Waals surface area (Å²) in [6.07, 6.45) is 3.07. The molecule has 1 aliphatic rings. The Morgan fingerprint density at radius 2 is 1.94 bits per heavy atom. The summed E-state index contributed by atoms with van der Waals surface area (Å²) in [5.74, 6) is 0.0483. The minimum Gasteiger partial charge on any atom is -0.364 e. The number of nitrogens with two attached hydrogens (primary N) is 1. The summed E-state index contributed by atoms with van der Waals surface area (Å²) in [5, 5.41) is 3.42. The van der Waals surface area contributed by atoms with E-state index in [0.717, 1.165) is 13.1 Å². The van der Waals surface area contributed by atoms with Crippen LogP contribution in [0.3, 0.4) is 0 Å². The SMILES string of the molecule is CC1CN(c2nccnc2C(N)=O)CC(C)N1. The standard InChI is InChI=1S/C11H17N5O/c1-7-5-16(6-8(2)15-7)11-9(10(12)17)13-3-4-14-11/h3-4,7-8,15H,5-6H2,1-2H3,(H2,12,17). The van der Waals surface area contributed by atoms with Crippen LogP contribution in [-0.4, -0.2) is 41.0 Å². The summed E-state index contributed by atoms with van der Waals surface area (Å²) in [5.41, 5.74) is 5.55. The normalized spacial score (nSPS) is 24.7. The molecule has 1 saturated heterocycles. The van der Waals surface area contributed by atoms with Crippen LogP contribution < -0.4 is 16.0 Å². The number of rotatable bonds is 2. The van der Waals surface area contributed by atoms with Gasteiger partial charge in [-0.15, -0.1) is 0 Å². The third kappa shape index (κ3) is 2.52. The van der Waals surface area contributed by atoms with Crippen LogP contribution in [0.5, 0.6) is 0 Å². The van der Waals surface area contributed by atoms with E-state index in [-0.39, 0.29) is 5.69 Å². The van der Waals surface area contributed by atoms with E-state index >= 15 is 0 Å². The summed E-state index contributed by atoms with van der Waals surface area (Å²) >= 11 is 0. The van der Waals surface area contributed by atoms with Gasteiger partial charge in [0.15, 0.2) is 11.5 Å². The van der Waals surface area contributed by atoms with Crippen molar-refractivity contribution in [1.29, 1.82) is 0 Å². The van der Waals surface area contributed by atoms with Crippen molar-refractivity contribution in [3.8, 4) is 0 Å². The van der Waals surface area contributed by atoms with E-state index in [4.69, 9.17) is 5.73 Å². The Bertz CT molecular complexity index is 412. The maximum Gasteiger partial charge on any atom is 0.271 e. The van der Waals surface area contributed by atoms with Crippen LogP contribution in [0.1, 0.15) is 24.3 Å². The fraction of sp³-hybridized carbons (Fsp3) is 0.545. The summed E-state index contributed by atoms with van der Waals surface area (Å²) in [7, 11) is 0. The molecule has 0 radical (unpaired) electrons. The molecular formula is C11H17N5O. The highest BCUT2D eigenvalue weighted by atomic mass is 16.1. The Morgan fingerprint density at radius 1 is 1.35 bits per heavy atom. The molecule has 3 N–H and O–H groups in total. The van der Waals surface area contributed by atoms with Gasteiger partial charge in [0, 0.05) is 37.6 Å². The second-order valence-electron chi connectivity index (χ2n) is 4.47. The van der Waals surface area contributed by atoms with Crippen LogP contribution in [0, 0.1) is 0 Å². The van der Waals surface area contributed by atoms with Crippen LogP contribution in [0.15, 0.2) is 12.4 Å². The van der Waals surface area contributed by atoms with E-state index < -0.39 is 5.91 Å². The zero-order chi connectivity index (χ0) is 12.4. The molecule has 2 heterocycles. The van der Waals surface area contributed by atoms with Crippen LogP contribution in [0.25, 0.3) is 0 Å². The first-order valence-corrected chi connectivity index (χ1v) is 5.69. The topological polar surface area (TPSA) is 84.1 Å². The van der Waals surface area contributed by atoms with Crippen molar-refractivity contribution < 1.29 is 4.79 Å². The summed E-state index contributed by atoms with van der Waals surface area (Å²) in [6.45, 7) is 5.79. The van der Waals surface area contributed by atoms with E-state index in [1.165, 1.54) is 6.20 Å². The van der Waals surface area contributed by atoms with Crippen molar-refractivity contribution in [1.82, 2.24) is 15.3 Å². The Labute approximate surface area is 100 Å². The fourth-order valence-electron chi connectivity index (χ4n) is 2.24. The highest BCUT2D eigenvalue weighted by Gasteiger charge is 2.25. The highest BCUT2D eigenvalue weighted by Crippen LogP contribution is 2.17. The maximum atomic E-state index is 11.3. The Hall–Kier alpha value is -1.69. The molecule has 1 aromatic rings. The lowest BCUT2D eigenvalue weighted by atomic mass is 10.1. The van der Waals surface area contributed by atoms with Gasteiger partial charge >= 0.3 is 0 Å². The van der Waals surface area contributed by atoms with Crippen molar-refractivity contribution in [2.24, 2.45) is 5.73 Å². The molecule has 92 valence electrons. The minimum atomic E-state index is -0.535. The first kappa shape index (κ1) is 11.8. The molecule has 1 fully saturated rings. The molecule has 2 rings (SSSR count). The number of amides is 1. The second kappa shape index (κ2) is 4.67. The largest absolute Gasteiger partial charge is 0.364 e. The molecule has 2 atom stereocenters. The molecule has 6 heteroatoms. The first-order chi connectivity index (χ1) is 8.08. The summed E-state index contributed by atoms with van der Waals surface area (Å²) < 4.78 is 0. The number of primary amides is 1. The molecular weight excluding hydrogens is 218 g/mol. The number of hydrogen-bond acceptors (Lipinski definition) is 5. The number of hydrogen-bond donors (Lipinski definition) is 2. The molecule has 0 spiro atoms. The lowest BCUT2D eigenvalue weighted by Crippen LogP contribution is -2.55. The Morgan fingerprint density at radius 3 is 2.53 bits per heavy atom. The average molecular weight is 235 g/mol. The summed E-state index contributed by atoms with van der Waals surface area (Å²) in [4.78, 5) is 21.6. The minimum absolute atomic E-state index is 0.244. The van der Waals surface area contributed by atoms with Crippen molar-refractivity contribution >= 4 is 11.7 Å². The van der Waals surface area contributed by atoms with E-state index in [0.29, 0.717) is 17.9 Å². The fourth-order valence-corrected chi connectivity index (χ4v) is 2.24. The van der Waals surface area contributed by atoms with E-state index in [9.17, 15) is 4.79 Å². The van der Waals surface area contributed by atoms with Crippen LogP contribution in [0.2, 0.25) is 0 Å². The smallest absolute Gasteiger partial charge is 0.271 e. The number of carbonyl (C=O) groups is 1. The van der Waals surface area contributed by atoms with Crippen LogP contribution >= 0.6 is 0 Å².